The summed E-state index contributed by atoms with van der Waals surface area (Å²) in [7, 11) is 0. The Bertz CT molecular complexity index is 317. The van der Waals surface area contributed by atoms with Gasteiger partial charge in [0.2, 0.25) is 6.43 Å². The number of benzene rings is 1. The minimum absolute atomic E-state index is 0.150. The lowest BCUT2D eigenvalue weighted by Gasteiger charge is -2.15. The number of phenolic OH excluding ortho intramolecular Hbond substituents is 1. The molecule has 0 saturated heterocycles. The van der Waals surface area contributed by atoms with Crippen LogP contribution in [0.5, 0.6) is 5.75 Å². The summed E-state index contributed by atoms with van der Waals surface area (Å²) in [6.45, 7) is -0.339. The van der Waals surface area contributed by atoms with Gasteiger partial charge in [-0.3, -0.25) is 0 Å². The molecule has 0 fully saturated rings. The molecule has 0 heterocycles. The number of para-hydroxylation sites is 1. The predicted octanol–water partition coefficient (Wildman–Crippen LogP) is 1.84. The van der Waals surface area contributed by atoms with Crippen molar-refractivity contribution in [1.29, 1.82) is 0 Å². The van der Waals surface area contributed by atoms with Crippen LogP contribution in [-0.4, -0.2) is 18.1 Å². The second kappa shape index (κ2) is 4.32. The molecule has 1 atom stereocenters. The molecule has 0 aliphatic heterocycles. The zero-order chi connectivity index (χ0) is 10.7. The fourth-order valence-corrected chi connectivity index (χ4v) is 1.20. The SMILES string of the molecule is NCC(c1cccc(F)c1O)C(F)F. The van der Waals surface area contributed by atoms with E-state index in [1.165, 1.54) is 12.1 Å². The highest BCUT2D eigenvalue weighted by molar-refractivity contribution is 5.36. The van der Waals surface area contributed by atoms with Gasteiger partial charge in [-0.15, -0.1) is 0 Å². The van der Waals surface area contributed by atoms with Gasteiger partial charge < -0.3 is 10.8 Å². The molecule has 78 valence electrons. The molecule has 2 nitrogen and oxygen atoms in total. The van der Waals surface area contributed by atoms with Gasteiger partial charge in [0, 0.05) is 12.1 Å². The third kappa shape index (κ3) is 1.98. The predicted molar refractivity (Wildman–Crippen MR) is 45.9 cm³/mol. The number of alkyl halides is 2. The molecule has 1 aromatic rings. The summed E-state index contributed by atoms with van der Waals surface area (Å²) in [6, 6.07) is 3.50. The van der Waals surface area contributed by atoms with Crippen LogP contribution in [-0.2, 0) is 0 Å². The van der Waals surface area contributed by atoms with Crippen molar-refractivity contribution >= 4 is 0 Å². The molecule has 0 aromatic heterocycles. The van der Waals surface area contributed by atoms with Gasteiger partial charge >= 0.3 is 0 Å². The summed E-state index contributed by atoms with van der Waals surface area (Å²) >= 11 is 0. The number of nitrogens with two attached hydrogens (primary N) is 1. The maximum Gasteiger partial charge on any atom is 0.246 e. The van der Waals surface area contributed by atoms with E-state index in [4.69, 9.17) is 5.73 Å². The summed E-state index contributed by atoms with van der Waals surface area (Å²) in [5, 5.41) is 9.18. The van der Waals surface area contributed by atoms with Crippen molar-refractivity contribution in [3.05, 3.63) is 29.6 Å². The van der Waals surface area contributed by atoms with E-state index in [0.717, 1.165) is 6.07 Å². The second-order valence-corrected chi connectivity index (χ2v) is 2.85. The number of phenols is 1. The number of halogens is 3. The van der Waals surface area contributed by atoms with Crippen molar-refractivity contribution in [1.82, 2.24) is 0 Å². The zero-order valence-corrected chi connectivity index (χ0v) is 7.25. The Morgan fingerprint density at radius 3 is 2.50 bits per heavy atom. The summed E-state index contributed by atoms with van der Waals surface area (Å²) in [5.74, 6) is -2.99. The summed E-state index contributed by atoms with van der Waals surface area (Å²) < 4.78 is 37.6. The molecule has 0 aliphatic carbocycles. The van der Waals surface area contributed by atoms with Crippen LogP contribution in [0.1, 0.15) is 11.5 Å². The fourth-order valence-electron chi connectivity index (χ4n) is 1.20. The Labute approximate surface area is 79.2 Å². The maximum atomic E-state index is 12.8. The van der Waals surface area contributed by atoms with Crippen molar-refractivity contribution in [3.63, 3.8) is 0 Å². The Morgan fingerprint density at radius 2 is 2.00 bits per heavy atom. The molecule has 0 radical (unpaired) electrons. The van der Waals surface area contributed by atoms with Crippen LogP contribution >= 0.6 is 0 Å². The van der Waals surface area contributed by atoms with Gasteiger partial charge in [-0.05, 0) is 6.07 Å². The van der Waals surface area contributed by atoms with E-state index in [0.29, 0.717) is 0 Å². The molecule has 1 unspecified atom stereocenters. The van der Waals surface area contributed by atoms with Crippen molar-refractivity contribution in [3.8, 4) is 5.75 Å². The highest BCUT2D eigenvalue weighted by Crippen LogP contribution is 2.31. The fraction of sp³-hybridized carbons (Fsp3) is 0.333. The van der Waals surface area contributed by atoms with Crippen LogP contribution in [0.15, 0.2) is 18.2 Å². The Morgan fingerprint density at radius 1 is 1.36 bits per heavy atom. The third-order valence-corrected chi connectivity index (χ3v) is 1.98. The van der Waals surface area contributed by atoms with Gasteiger partial charge in [-0.25, -0.2) is 13.2 Å². The van der Waals surface area contributed by atoms with Gasteiger partial charge in [0.05, 0.1) is 5.92 Å². The average Bonchev–Trinajstić information content (AvgIpc) is 2.13. The topological polar surface area (TPSA) is 46.2 Å². The quantitative estimate of drug-likeness (QED) is 0.790. The summed E-state index contributed by atoms with van der Waals surface area (Å²) in [5.41, 5.74) is 4.96. The van der Waals surface area contributed by atoms with E-state index < -0.39 is 23.9 Å². The van der Waals surface area contributed by atoms with E-state index >= 15 is 0 Å². The zero-order valence-electron chi connectivity index (χ0n) is 7.25. The van der Waals surface area contributed by atoms with Crippen LogP contribution in [0, 0.1) is 5.82 Å². The molecular weight excluding hydrogens is 195 g/mol. The second-order valence-electron chi connectivity index (χ2n) is 2.85. The van der Waals surface area contributed by atoms with E-state index in [2.05, 4.69) is 0 Å². The molecule has 0 spiro atoms. The first kappa shape index (κ1) is 10.8. The maximum absolute atomic E-state index is 12.8. The van der Waals surface area contributed by atoms with Gasteiger partial charge in [0.15, 0.2) is 11.6 Å². The minimum atomic E-state index is -2.72. The molecular formula is C9H10F3NO. The number of rotatable bonds is 3. The first-order valence-electron chi connectivity index (χ1n) is 4.03. The van der Waals surface area contributed by atoms with Crippen molar-refractivity contribution in [2.75, 3.05) is 6.54 Å². The Hall–Kier alpha value is -1.23. The monoisotopic (exact) mass is 205 g/mol. The highest BCUT2D eigenvalue weighted by Gasteiger charge is 2.24. The first-order valence-corrected chi connectivity index (χ1v) is 4.03. The number of aromatic hydroxyl groups is 1. The van der Waals surface area contributed by atoms with E-state index in [1.54, 1.807) is 0 Å². The summed E-state index contributed by atoms with van der Waals surface area (Å²) in [6.07, 6.45) is -2.72. The van der Waals surface area contributed by atoms with Crippen LogP contribution in [0.4, 0.5) is 13.2 Å². The number of hydrogen-bond acceptors (Lipinski definition) is 2. The van der Waals surface area contributed by atoms with Gasteiger partial charge in [-0.1, -0.05) is 12.1 Å². The molecule has 0 amide bonds. The van der Waals surface area contributed by atoms with E-state index in [1.807, 2.05) is 0 Å². The highest BCUT2D eigenvalue weighted by atomic mass is 19.3. The van der Waals surface area contributed by atoms with Crippen molar-refractivity contribution in [2.45, 2.75) is 12.3 Å². The molecule has 1 aromatic carbocycles. The van der Waals surface area contributed by atoms with E-state index in [-0.39, 0.29) is 12.1 Å². The first-order chi connectivity index (χ1) is 6.57. The standard InChI is InChI=1S/C9H10F3NO/c10-7-3-1-2-5(8(7)14)6(4-13)9(11)12/h1-3,6,9,14H,4,13H2. The molecule has 0 bridgehead atoms. The Balaban J connectivity index is 3.10. The third-order valence-electron chi connectivity index (χ3n) is 1.98. The summed E-state index contributed by atoms with van der Waals surface area (Å²) in [4.78, 5) is 0. The molecule has 3 N–H and O–H groups in total. The van der Waals surface area contributed by atoms with Crippen LogP contribution in [0.3, 0.4) is 0 Å². The number of hydrogen-bond donors (Lipinski definition) is 2. The molecule has 14 heavy (non-hydrogen) atoms. The lowest BCUT2D eigenvalue weighted by molar-refractivity contribution is 0.115. The van der Waals surface area contributed by atoms with Gasteiger partial charge in [0.25, 0.3) is 0 Å². The molecule has 0 aliphatic rings. The molecule has 1 rings (SSSR count). The van der Waals surface area contributed by atoms with Crippen molar-refractivity contribution < 1.29 is 18.3 Å². The lowest BCUT2D eigenvalue weighted by atomic mass is 9.98. The van der Waals surface area contributed by atoms with Crippen LogP contribution in [0.2, 0.25) is 0 Å². The largest absolute Gasteiger partial charge is 0.505 e. The smallest absolute Gasteiger partial charge is 0.246 e. The van der Waals surface area contributed by atoms with E-state index in [9.17, 15) is 18.3 Å². The Kier molecular flexibility index (Phi) is 3.35. The van der Waals surface area contributed by atoms with Gasteiger partial charge in [0.1, 0.15) is 0 Å². The molecule has 5 heteroatoms. The van der Waals surface area contributed by atoms with Crippen LogP contribution in [0.25, 0.3) is 0 Å². The lowest BCUT2D eigenvalue weighted by Crippen LogP contribution is -2.19. The van der Waals surface area contributed by atoms with Crippen LogP contribution < -0.4 is 5.73 Å². The van der Waals surface area contributed by atoms with Gasteiger partial charge in [-0.2, -0.15) is 0 Å². The van der Waals surface area contributed by atoms with Crippen molar-refractivity contribution in [2.24, 2.45) is 5.73 Å². The minimum Gasteiger partial charge on any atom is -0.505 e. The average molecular weight is 205 g/mol. The molecule has 0 saturated carbocycles. The normalized spacial score (nSPS) is 13.2.